The Bertz CT molecular complexity index is 762. The lowest BCUT2D eigenvalue weighted by Gasteiger charge is -2.24. The number of halogens is 1. The van der Waals surface area contributed by atoms with E-state index in [1.54, 1.807) is 17.8 Å². The Morgan fingerprint density at radius 2 is 2.00 bits per heavy atom. The van der Waals surface area contributed by atoms with Gasteiger partial charge in [0.1, 0.15) is 5.82 Å². The van der Waals surface area contributed by atoms with Gasteiger partial charge in [-0.3, -0.25) is 9.59 Å². The molecule has 1 aliphatic rings. The molecule has 1 atom stereocenters. The highest BCUT2D eigenvalue weighted by atomic mass is 32.2. The molecular formula is C17H15FN2O2S. The van der Waals surface area contributed by atoms with Crippen molar-refractivity contribution in [3.05, 3.63) is 53.8 Å². The Morgan fingerprint density at radius 1 is 1.26 bits per heavy atom. The fourth-order valence-corrected chi connectivity index (χ4v) is 2.98. The van der Waals surface area contributed by atoms with E-state index in [-0.39, 0.29) is 18.2 Å². The summed E-state index contributed by atoms with van der Waals surface area (Å²) in [7, 11) is 0. The molecule has 2 aromatic rings. The monoisotopic (exact) mass is 330 g/mol. The Kier molecular flexibility index (Phi) is 4.34. The number of hydrogen-bond donors (Lipinski definition) is 2. The lowest BCUT2D eigenvalue weighted by atomic mass is 9.89. The van der Waals surface area contributed by atoms with Crippen molar-refractivity contribution in [1.82, 2.24) is 0 Å². The quantitative estimate of drug-likeness (QED) is 0.845. The number of fused-ring (bicyclic) bond motifs is 1. The highest BCUT2D eigenvalue weighted by molar-refractivity contribution is 7.98. The summed E-state index contributed by atoms with van der Waals surface area (Å²) in [4.78, 5) is 25.4. The van der Waals surface area contributed by atoms with Gasteiger partial charge in [0.2, 0.25) is 11.8 Å². The lowest BCUT2D eigenvalue weighted by Crippen LogP contribution is -2.30. The molecule has 1 heterocycles. The molecule has 3 rings (SSSR count). The molecule has 0 fully saturated rings. The first-order chi connectivity index (χ1) is 11.1. The van der Waals surface area contributed by atoms with E-state index in [1.807, 2.05) is 30.5 Å². The molecule has 0 saturated carbocycles. The zero-order valence-electron chi connectivity index (χ0n) is 12.4. The summed E-state index contributed by atoms with van der Waals surface area (Å²) in [5.41, 5.74) is 1.66. The lowest BCUT2D eigenvalue weighted by molar-refractivity contribution is -0.123. The molecule has 0 spiro atoms. The third kappa shape index (κ3) is 3.37. The number of benzene rings is 2. The average molecular weight is 330 g/mol. The van der Waals surface area contributed by atoms with Crippen molar-refractivity contribution in [2.24, 2.45) is 0 Å². The summed E-state index contributed by atoms with van der Waals surface area (Å²) in [6.45, 7) is 0. The molecule has 2 N–H and O–H groups in total. The zero-order chi connectivity index (χ0) is 16.4. The molecule has 6 heteroatoms. The highest BCUT2D eigenvalue weighted by Gasteiger charge is 2.30. The molecule has 0 radical (unpaired) electrons. The van der Waals surface area contributed by atoms with Gasteiger partial charge in [0, 0.05) is 22.7 Å². The first-order valence-electron chi connectivity index (χ1n) is 7.11. The Hall–Kier alpha value is -2.34. The SMILES string of the molecule is CSc1ccc(NC(=O)C2CC(=O)Nc3cc(F)ccc32)cc1. The molecule has 2 aromatic carbocycles. The van der Waals surface area contributed by atoms with Crippen LogP contribution in [0.3, 0.4) is 0 Å². The maximum absolute atomic E-state index is 13.3. The van der Waals surface area contributed by atoms with Crippen molar-refractivity contribution >= 4 is 35.0 Å². The van der Waals surface area contributed by atoms with E-state index in [4.69, 9.17) is 0 Å². The van der Waals surface area contributed by atoms with Gasteiger partial charge in [0.05, 0.1) is 5.92 Å². The largest absolute Gasteiger partial charge is 0.326 e. The van der Waals surface area contributed by atoms with Gasteiger partial charge >= 0.3 is 0 Å². The van der Waals surface area contributed by atoms with Crippen molar-refractivity contribution in [2.75, 3.05) is 16.9 Å². The molecule has 0 aliphatic carbocycles. The number of anilines is 2. The molecular weight excluding hydrogens is 315 g/mol. The summed E-state index contributed by atoms with van der Waals surface area (Å²) < 4.78 is 13.3. The average Bonchev–Trinajstić information content (AvgIpc) is 2.54. The van der Waals surface area contributed by atoms with Crippen molar-refractivity contribution in [2.45, 2.75) is 17.2 Å². The van der Waals surface area contributed by atoms with Crippen molar-refractivity contribution < 1.29 is 14.0 Å². The first-order valence-corrected chi connectivity index (χ1v) is 8.33. The van der Waals surface area contributed by atoms with Gasteiger partial charge in [0.25, 0.3) is 0 Å². The van der Waals surface area contributed by atoms with Gasteiger partial charge in [-0.15, -0.1) is 11.8 Å². The minimum Gasteiger partial charge on any atom is -0.326 e. The van der Waals surface area contributed by atoms with Crippen LogP contribution in [0.15, 0.2) is 47.4 Å². The molecule has 2 amide bonds. The molecule has 0 aromatic heterocycles. The van der Waals surface area contributed by atoms with Gasteiger partial charge < -0.3 is 10.6 Å². The standard InChI is InChI=1S/C17H15FN2O2S/c1-23-12-5-3-11(4-6-12)19-17(22)14-9-16(21)20-15-8-10(18)2-7-13(14)15/h2-8,14H,9H2,1H3,(H,19,22)(H,20,21). The van der Waals surface area contributed by atoms with E-state index < -0.39 is 11.7 Å². The van der Waals surface area contributed by atoms with Crippen LogP contribution in [0.1, 0.15) is 17.9 Å². The van der Waals surface area contributed by atoms with E-state index in [1.165, 1.54) is 12.1 Å². The predicted octanol–water partition coefficient (Wildman–Crippen LogP) is 3.61. The molecule has 4 nitrogen and oxygen atoms in total. The number of nitrogens with one attached hydrogen (secondary N) is 2. The second kappa shape index (κ2) is 6.42. The number of amides is 2. The van der Waals surface area contributed by atoms with Crippen LogP contribution < -0.4 is 10.6 Å². The molecule has 23 heavy (non-hydrogen) atoms. The van der Waals surface area contributed by atoms with Crippen molar-refractivity contribution in [3.63, 3.8) is 0 Å². The maximum atomic E-state index is 13.3. The van der Waals surface area contributed by atoms with Crippen molar-refractivity contribution in [3.8, 4) is 0 Å². The zero-order valence-corrected chi connectivity index (χ0v) is 13.2. The highest BCUT2D eigenvalue weighted by Crippen LogP contribution is 2.33. The van der Waals surface area contributed by atoms with Gasteiger partial charge in [0.15, 0.2) is 0 Å². The van der Waals surface area contributed by atoms with Gasteiger partial charge in [-0.2, -0.15) is 0 Å². The van der Waals surface area contributed by atoms with E-state index in [0.717, 1.165) is 4.90 Å². The minimum atomic E-state index is -0.625. The smallest absolute Gasteiger partial charge is 0.232 e. The Morgan fingerprint density at radius 3 is 2.70 bits per heavy atom. The van der Waals surface area contributed by atoms with E-state index in [2.05, 4.69) is 10.6 Å². The molecule has 0 saturated heterocycles. The summed E-state index contributed by atoms with van der Waals surface area (Å²) in [5, 5.41) is 5.42. The topological polar surface area (TPSA) is 58.2 Å². The Balaban J connectivity index is 1.83. The van der Waals surface area contributed by atoms with Crippen LogP contribution in [0, 0.1) is 5.82 Å². The predicted molar refractivity (Wildman–Crippen MR) is 89.2 cm³/mol. The summed E-state index contributed by atoms with van der Waals surface area (Å²) in [6.07, 6.45) is 2.03. The van der Waals surface area contributed by atoms with Crippen LogP contribution in [0.4, 0.5) is 15.8 Å². The van der Waals surface area contributed by atoms with Crippen LogP contribution in [-0.4, -0.2) is 18.1 Å². The molecule has 1 aliphatic heterocycles. The Labute approximate surface area is 137 Å². The number of carbonyl (C=O) groups excluding carboxylic acids is 2. The third-order valence-electron chi connectivity index (χ3n) is 3.73. The maximum Gasteiger partial charge on any atom is 0.232 e. The fourth-order valence-electron chi connectivity index (χ4n) is 2.57. The normalized spacial score (nSPS) is 16.4. The number of rotatable bonds is 3. The van der Waals surface area contributed by atoms with E-state index >= 15 is 0 Å². The van der Waals surface area contributed by atoms with Crippen LogP contribution in [0.5, 0.6) is 0 Å². The van der Waals surface area contributed by atoms with E-state index in [0.29, 0.717) is 16.9 Å². The second-order valence-electron chi connectivity index (χ2n) is 5.25. The van der Waals surface area contributed by atoms with Crippen LogP contribution in [0.25, 0.3) is 0 Å². The summed E-state index contributed by atoms with van der Waals surface area (Å²) >= 11 is 1.62. The molecule has 0 bridgehead atoms. The third-order valence-corrected chi connectivity index (χ3v) is 4.47. The molecule has 118 valence electrons. The van der Waals surface area contributed by atoms with Gasteiger partial charge in [-0.05, 0) is 48.2 Å². The van der Waals surface area contributed by atoms with Crippen molar-refractivity contribution in [1.29, 1.82) is 0 Å². The van der Waals surface area contributed by atoms with Crippen LogP contribution >= 0.6 is 11.8 Å². The number of thioether (sulfide) groups is 1. The number of hydrogen-bond acceptors (Lipinski definition) is 3. The minimum absolute atomic E-state index is 0.0490. The fraction of sp³-hybridized carbons (Fsp3) is 0.176. The summed E-state index contributed by atoms with van der Waals surface area (Å²) in [6, 6.07) is 11.5. The van der Waals surface area contributed by atoms with E-state index in [9.17, 15) is 14.0 Å². The first kappa shape index (κ1) is 15.6. The van der Waals surface area contributed by atoms with Crippen LogP contribution in [0.2, 0.25) is 0 Å². The van der Waals surface area contributed by atoms with Crippen LogP contribution in [-0.2, 0) is 9.59 Å². The molecule has 1 unspecified atom stereocenters. The van der Waals surface area contributed by atoms with Gasteiger partial charge in [-0.1, -0.05) is 6.07 Å². The van der Waals surface area contributed by atoms with Gasteiger partial charge in [-0.25, -0.2) is 4.39 Å². The summed E-state index contributed by atoms with van der Waals surface area (Å²) in [5.74, 6) is -1.64. The number of carbonyl (C=O) groups is 2. The second-order valence-corrected chi connectivity index (χ2v) is 6.13.